The summed E-state index contributed by atoms with van der Waals surface area (Å²) in [7, 11) is 1.61. The van der Waals surface area contributed by atoms with Crippen molar-refractivity contribution in [1.82, 2.24) is 15.2 Å². The topological polar surface area (TPSA) is 110 Å². The molecule has 1 aromatic heterocycles. The van der Waals surface area contributed by atoms with Crippen LogP contribution in [0.5, 0.6) is 0 Å². The number of allylic oxidation sites excluding steroid dienone is 1. The maximum Gasteiger partial charge on any atom is 0.276 e. The first kappa shape index (κ1) is 28.1. The van der Waals surface area contributed by atoms with Gasteiger partial charge >= 0.3 is 0 Å². The highest BCUT2D eigenvalue weighted by Gasteiger charge is 2.44. The number of nitrogens with zero attached hydrogens (tertiary/aromatic N) is 3. The molecule has 0 spiro atoms. The van der Waals surface area contributed by atoms with Crippen LogP contribution in [0.2, 0.25) is 0 Å². The molecule has 28 heavy (non-hydrogen) atoms. The number of anilines is 1. The van der Waals surface area contributed by atoms with Gasteiger partial charge in [-0.3, -0.25) is 9.59 Å². The van der Waals surface area contributed by atoms with Crippen molar-refractivity contribution < 1.29 is 14.4 Å². The molecule has 2 unspecified atom stereocenters. The molecule has 1 aliphatic rings. The van der Waals surface area contributed by atoms with Crippen molar-refractivity contribution >= 4 is 46.6 Å². The molecular formula is C18H33N5O3S2. The Labute approximate surface area is 177 Å². The summed E-state index contributed by atoms with van der Waals surface area (Å²) in [4.78, 5) is 34.2. The zero-order valence-electron chi connectivity index (χ0n) is 17.7. The van der Waals surface area contributed by atoms with Gasteiger partial charge in [0.05, 0.1) is 0 Å². The minimum absolute atomic E-state index is 0.0207. The van der Waals surface area contributed by atoms with E-state index in [1.54, 1.807) is 25.4 Å². The number of thiol groups is 1. The molecule has 8 nitrogen and oxygen atoms in total. The Morgan fingerprint density at radius 1 is 1.50 bits per heavy atom. The van der Waals surface area contributed by atoms with Gasteiger partial charge in [-0.15, -0.1) is 17.9 Å². The number of aromatic nitrogens is 1. The number of likely N-dealkylation sites (N-methyl/N-ethyl adjacent to an activating group) is 1. The van der Waals surface area contributed by atoms with Gasteiger partial charge in [0, 0.05) is 12.4 Å². The van der Waals surface area contributed by atoms with Gasteiger partial charge in [-0.1, -0.05) is 38.9 Å². The molecule has 1 aliphatic heterocycles. The second-order valence-electron chi connectivity index (χ2n) is 4.65. The van der Waals surface area contributed by atoms with E-state index in [1.165, 1.54) is 16.2 Å². The molecule has 1 fully saturated rings. The average Bonchev–Trinajstić information content (AvgIpc) is 3.15. The van der Waals surface area contributed by atoms with Crippen LogP contribution in [0, 0.1) is 0 Å². The van der Waals surface area contributed by atoms with Gasteiger partial charge in [0.2, 0.25) is 5.91 Å². The molecule has 2 atom stereocenters. The molecule has 0 aliphatic carbocycles. The Kier molecular flexibility index (Phi) is 16.0. The number of hydrogen-bond acceptors (Lipinski definition) is 8. The number of nitrogens with two attached hydrogens (primary N) is 1. The van der Waals surface area contributed by atoms with Crippen molar-refractivity contribution in [1.29, 1.82) is 0 Å². The predicted octanol–water partition coefficient (Wildman–Crippen LogP) is 2.92. The molecule has 160 valence electrons. The summed E-state index contributed by atoms with van der Waals surface area (Å²) in [6, 6.07) is -0.686. The third-order valence-electron chi connectivity index (χ3n) is 2.86. The molecule has 1 aromatic rings. The molecule has 0 radical (unpaired) electrons. The summed E-state index contributed by atoms with van der Waals surface area (Å²) < 4.78 is 0. The van der Waals surface area contributed by atoms with Crippen molar-refractivity contribution in [2.45, 2.75) is 53.0 Å². The number of β-lactam (4-membered cyclic amide) rings is 1. The number of likely N-dealkylation sites (tertiary alicyclic amines) is 1. The summed E-state index contributed by atoms with van der Waals surface area (Å²) in [5, 5.41) is 7.86. The standard InChI is InChI=1S/C11H15N5O3S2.C3H6.2C2H6/c1-3-19-15-6(5-4-21-11(12)13-5)8(17)14-7-9(18)16(2)10(7)20;1-3-2;2*1-2/h4,7,10,20H,3H2,1-2H3,(H2,12,13)(H,14,17);3H,1H2,2H3;2*1-2H3/b15-6-;;;. The highest BCUT2D eigenvalue weighted by atomic mass is 32.1. The summed E-state index contributed by atoms with van der Waals surface area (Å²) in [5.74, 6) is -0.767. The Morgan fingerprint density at radius 2 is 2.04 bits per heavy atom. The fraction of sp³-hybridized carbons (Fsp3) is 0.556. The van der Waals surface area contributed by atoms with Crippen LogP contribution in [0.1, 0.15) is 47.2 Å². The number of amides is 2. The van der Waals surface area contributed by atoms with Crippen molar-refractivity contribution in [2.24, 2.45) is 5.16 Å². The summed E-state index contributed by atoms with van der Waals surface area (Å²) in [6.45, 7) is 15.3. The van der Waals surface area contributed by atoms with Gasteiger partial charge in [-0.05, 0) is 13.8 Å². The lowest BCUT2D eigenvalue weighted by Gasteiger charge is -2.41. The Hall–Kier alpha value is -2.07. The van der Waals surface area contributed by atoms with E-state index in [-0.39, 0.29) is 17.0 Å². The van der Waals surface area contributed by atoms with Crippen LogP contribution in [-0.4, -0.2) is 52.5 Å². The first-order valence-electron chi connectivity index (χ1n) is 9.11. The van der Waals surface area contributed by atoms with Crippen LogP contribution in [-0.2, 0) is 14.4 Å². The fourth-order valence-electron chi connectivity index (χ4n) is 1.69. The van der Waals surface area contributed by atoms with E-state index >= 15 is 0 Å². The molecule has 1 saturated heterocycles. The van der Waals surface area contributed by atoms with Gasteiger partial charge in [0.1, 0.15) is 23.7 Å². The molecule has 10 heteroatoms. The highest BCUT2D eigenvalue weighted by Crippen LogP contribution is 2.21. The monoisotopic (exact) mass is 431 g/mol. The van der Waals surface area contributed by atoms with Crippen LogP contribution >= 0.6 is 24.0 Å². The lowest BCUT2D eigenvalue weighted by molar-refractivity contribution is -0.145. The van der Waals surface area contributed by atoms with Crippen LogP contribution in [0.4, 0.5) is 5.13 Å². The maximum atomic E-state index is 12.3. The zero-order valence-corrected chi connectivity index (χ0v) is 19.4. The second kappa shape index (κ2) is 15.9. The number of rotatable bonds is 5. The van der Waals surface area contributed by atoms with Crippen LogP contribution in [0.25, 0.3) is 0 Å². The van der Waals surface area contributed by atoms with E-state index in [0.717, 1.165) is 0 Å². The van der Waals surface area contributed by atoms with Crippen LogP contribution < -0.4 is 11.1 Å². The van der Waals surface area contributed by atoms with Gasteiger partial charge in [0.15, 0.2) is 10.8 Å². The number of carbonyl (C=O) groups excluding carboxylic acids is 2. The number of carbonyl (C=O) groups is 2. The summed E-state index contributed by atoms with van der Waals surface area (Å²) >= 11 is 5.41. The molecular weight excluding hydrogens is 398 g/mol. The number of hydrogen-bond donors (Lipinski definition) is 3. The average molecular weight is 432 g/mol. The number of oxime groups is 1. The van der Waals surface area contributed by atoms with Crippen molar-refractivity contribution in [3.8, 4) is 0 Å². The number of nitrogens with one attached hydrogen (secondary N) is 1. The van der Waals surface area contributed by atoms with E-state index in [4.69, 9.17) is 10.6 Å². The quantitative estimate of drug-likeness (QED) is 0.218. The van der Waals surface area contributed by atoms with Crippen molar-refractivity contribution in [3.05, 3.63) is 23.7 Å². The minimum atomic E-state index is -0.686. The highest BCUT2D eigenvalue weighted by molar-refractivity contribution is 7.81. The zero-order chi connectivity index (χ0) is 22.3. The fourth-order valence-corrected chi connectivity index (χ4v) is 2.56. The van der Waals surface area contributed by atoms with Crippen molar-refractivity contribution in [3.63, 3.8) is 0 Å². The number of nitrogen functional groups attached to an aromatic ring is 1. The van der Waals surface area contributed by atoms with E-state index in [9.17, 15) is 9.59 Å². The van der Waals surface area contributed by atoms with Gasteiger partial charge in [-0.2, -0.15) is 12.6 Å². The summed E-state index contributed by atoms with van der Waals surface area (Å²) in [6.07, 6.45) is 1.75. The van der Waals surface area contributed by atoms with Crippen molar-refractivity contribution in [2.75, 3.05) is 19.4 Å². The largest absolute Gasteiger partial charge is 0.395 e. The predicted molar refractivity (Wildman–Crippen MR) is 121 cm³/mol. The first-order chi connectivity index (χ1) is 13.4. The first-order valence-corrected chi connectivity index (χ1v) is 10.5. The smallest absolute Gasteiger partial charge is 0.276 e. The molecule has 2 amide bonds. The van der Waals surface area contributed by atoms with E-state index in [2.05, 4.69) is 34.7 Å². The Bertz CT molecular complexity index is 634. The molecule has 0 saturated carbocycles. The number of thiazole rings is 1. The maximum absolute atomic E-state index is 12.3. The van der Waals surface area contributed by atoms with Crippen LogP contribution in [0.15, 0.2) is 23.2 Å². The molecule has 2 rings (SSSR count). The lowest BCUT2D eigenvalue weighted by atomic mass is 10.1. The van der Waals surface area contributed by atoms with E-state index in [0.29, 0.717) is 17.4 Å². The Balaban J connectivity index is 0. The molecule has 0 bridgehead atoms. The molecule has 3 N–H and O–H groups in total. The van der Waals surface area contributed by atoms with Crippen LogP contribution in [0.3, 0.4) is 0 Å². The molecule has 0 aromatic carbocycles. The minimum Gasteiger partial charge on any atom is -0.395 e. The molecule has 2 heterocycles. The van der Waals surface area contributed by atoms with Gasteiger partial charge in [0.25, 0.3) is 5.91 Å². The summed E-state index contributed by atoms with van der Waals surface area (Å²) in [5.41, 5.74) is 5.84. The third kappa shape index (κ3) is 8.30. The Morgan fingerprint density at radius 3 is 2.43 bits per heavy atom. The van der Waals surface area contributed by atoms with Gasteiger partial charge in [-0.25, -0.2) is 4.98 Å². The van der Waals surface area contributed by atoms with E-state index in [1.807, 2.05) is 34.6 Å². The SMILES string of the molecule is C=CC.CC.CC.CCO/N=C(\C(=O)NC1C(=O)N(C)C1S)c1csc(N)n1. The van der Waals surface area contributed by atoms with E-state index < -0.39 is 11.9 Å². The second-order valence-corrected chi connectivity index (χ2v) is 6.07. The van der Waals surface area contributed by atoms with Gasteiger partial charge < -0.3 is 20.8 Å². The third-order valence-corrected chi connectivity index (χ3v) is 4.18. The normalized spacial score (nSPS) is 17.4. The lowest BCUT2D eigenvalue weighted by Crippen LogP contribution is -2.67.